The monoisotopic (exact) mass is 233 g/mol. The second-order valence-corrected chi connectivity index (χ2v) is 5.11. The van der Waals surface area contributed by atoms with Crippen LogP contribution in [0.3, 0.4) is 0 Å². The third-order valence-electron chi connectivity index (χ3n) is 4.09. The fourth-order valence-electron chi connectivity index (χ4n) is 2.45. The number of rotatable bonds is 3. The Hall–Kier alpha value is -1.29. The summed E-state index contributed by atoms with van der Waals surface area (Å²) < 4.78 is 2.16. The molecule has 0 aromatic carbocycles. The van der Waals surface area contributed by atoms with Crippen LogP contribution in [0.4, 0.5) is 0 Å². The van der Waals surface area contributed by atoms with Gasteiger partial charge in [-0.05, 0) is 31.4 Å². The van der Waals surface area contributed by atoms with Gasteiger partial charge in [-0.15, -0.1) is 0 Å². The lowest BCUT2D eigenvalue weighted by molar-refractivity contribution is 0.0664. The molecule has 3 rings (SSSR count). The van der Waals surface area contributed by atoms with Gasteiger partial charge in [-0.1, -0.05) is 0 Å². The van der Waals surface area contributed by atoms with Crippen LogP contribution in [-0.4, -0.2) is 41.6 Å². The van der Waals surface area contributed by atoms with Gasteiger partial charge in [0.15, 0.2) is 0 Å². The summed E-state index contributed by atoms with van der Waals surface area (Å²) in [6, 6.07) is 4.85. The van der Waals surface area contributed by atoms with Crippen molar-refractivity contribution in [3.8, 4) is 0 Å². The SMILES string of the molecule is CN(C(=O)c1cccn1C1CCC1)C1CNC1. The third kappa shape index (κ3) is 1.76. The van der Waals surface area contributed by atoms with Crippen molar-refractivity contribution in [1.82, 2.24) is 14.8 Å². The van der Waals surface area contributed by atoms with Crippen molar-refractivity contribution in [1.29, 1.82) is 0 Å². The summed E-state index contributed by atoms with van der Waals surface area (Å²) in [7, 11) is 1.91. The van der Waals surface area contributed by atoms with Gasteiger partial charge in [-0.3, -0.25) is 4.79 Å². The molecular weight excluding hydrogens is 214 g/mol. The molecule has 1 saturated carbocycles. The minimum absolute atomic E-state index is 0.161. The maximum Gasteiger partial charge on any atom is 0.270 e. The topological polar surface area (TPSA) is 37.3 Å². The van der Waals surface area contributed by atoms with E-state index in [1.807, 2.05) is 30.3 Å². The molecule has 4 nitrogen and oxygen atoms in total. The van der Waals surface area contributed by atoms with E-state index >= 15 is 0 Å². The van der Waals surface area contributed by atoms with Gasteiger partial charge in [0.2, 0.25) is 0 Å². The minimum atomic E-state index is 0.161. The lowest BCUT2D eigenvalue weighted by Crippen LogP contribution is -2.57. The van der Waals surface area contributed by atoms with E-state index < -0.39 is 0 Å². The fraction of sp³-hybridized carbons (Fsp3) is 0.615. The van der Waals surface area contributed by atoms with Crippen molar-refractivity contribution in [3.63, 3.8) is 0 Å². The van der Waals surface area contributed by atoms with Crippen molar-refractivity contribution in [2.24, 2.45) is 0 Å². The minimum Gasteiger partial charge on any atom is -0.340 e. The van der Waals surface area contributed by atoms with Crippen LogP contribution in [0.15, 0.2) is 18.3 Å². The molecule has 0 unspecified atom stereocenters. The Bertz CT molecular complexity index is 418. The molecule has 1 saturated heterocycles. The predicted molar refractivity (Wildman–Crippen MR) is 66.1 cm³/mol. The second kappa shape index (κ2) is 4.18. The highest BCUT2D eigenvalue weighted by atomic mass is 16.2. The highest BCUT2D eigenvalue weighted by molar-refractivity contribution is 5.93. The first-order chi connectivity index (χ1) is 8.27. The zero-order chi connectivity index (χ0) is 11.8. The first-order valence-corrected chi connectivity index (χ1v) is 6.42. The standard InChI is InChI=1S/C13H19N3O/c1-15(11-8-14-9-11)13(17)12-6-3-7-16(12)10-4-2-5-10/h3,6-7,10-11,14H,2,4-5,8-9H2,1H3. The molecule has 2 heterocycles. The van der Waals surface area contributed by atoms with E-state index in [1.54, 1.807) is 0 Å². The van der Waals surface area contributed by atoms with E-state index in [4.69, 9.17) is 0 Å². The Labute approximate surface area is 102 Å². The number of carbonyl (C=O) groups excluding carboxylic acids is 1. The number of hydrogen-bond acceptors (Lipinski definition) is 2. The Morgan fingerprint density at radius 1 is 1.47 bits per heavy atom. The number of aromatic nitrogens is 1. The molecule has 0 atom stereocenters. The summed E-state index contributed by atoms with van der Waals surface area (Å²) in [6.07, 6.45) is 5.76. The van der Waals surface area contributed by atoms with Crippen LogP contribution < -0.4 is 5.32 Å². The smallest absolute Gasteiger partial charge is 0.270 e. The van der Waals surface area contributed by atoms with E-state index in [0.29, 0.717) is 12.1 Å². The molecule has 1 aromatic heterocycles. The number of amides is 1. The average molecular weight is 233 g/mol. The highest BCUT2D eigenvalue weighted by Crippen LogP contribution is 2.33. The molecule has 2 fully saturated rings. The number of carbonyl (C=O) groups is 1. The van der Waals surface area contributed by atoms with E-state index in [9.17, 15) is 4.79 Å². The van der Waals surface area contributed by atoms with Crippen LogP contribution in [0.5, 0.6) is 0 Å². The van der Waals surface area contributed by atoms with Gasteiger partial charge in [0.05, 0.1) is 6.04 Å². The molecule has 1 aliphatic carbocycles. The van der Waals surface area contributed by atoms with Gasteiger partial charge in [-0.2, -0.15) is 0 Å². The first-order valence-electron chi connectivity index (χ1n) is 6.42. The van der Waals surface area contributed by atoms with E-state index in [-0.39, 0.29) is 5.91 Å². The molecule has 0 bridgehead atoms. The Morgan fingerprint density at radius 3 is 2.76 bits per heavy atom. The van der Waals surface area contributed by atoms with E-state index in [2.05, 4.69) is 9.88 Å². The Kier molecular flexibility index (Phi) is 2.67. The van der Waals surface area contributed by atoms with Gasteiger partial charge in [0.1, 0.15) is 5.69 Å². The number of likely N-dealkylation sites (N-methyl/N-ethyl adjacent to an activating group) is 1. The molecule has 1 amide bonds. The Balaban J connectivity index is 1.78. The lowest BCUT2D eigenvalue weighted by atomic mass is 9.93. The number of nitrogens with zero attached hydrogens (tertiary/aromatic N) is 2. The summed E-state index contributed by atoms with van der Waals surface area (Å²) >= 11 is 0. The predicted octanol–water partition coefficient (Wildman–Crippen LogP) is 1.26. The number of nitrogens with one attached hydrogen (secondary N) is 1. The quantitative estimate of drug-likeness (QED) is 0.853. The zero-order valence-corrected chi connectivity index (χ0v) is 10.2. The first kappa shape index (κ1) is 10.8. The molecule has 1 aromatic rings. The van der Waals surface area contributed by atoms with Crippen molar-refractivity contribution in [2.75, 3.05) is 20.1 Å². The van der Waals surface area contributed by atoms with E-state index in [1.165, 1.54) is 19.3 Å². The maximum atomic E-state index is 12.4. The Morgan fingerprint density at radius 2 is 2.24 bits per heavy atom. The molecule has 1 N–H and O–H groups in total. The largest absolute Gasteiger partial charge is 0.340 e. The van der Waals surface area contributed by atoms with Crippen LogP contribution in [0.1, 0.15) is 35.8 Å². The van der Waals surface area contributed by atoms with Crippen molar-refractivity contribution in [2.45, 2.75) is 31.3 Å². The normalized spacial score (nSPS) is 20.8. The molecule has 0 radical (unpaired) electrons. The summed E-state index contributed by atoms with van der Waals surface area (Å²) in [5.41, 5.74) is 0.851. The fourth-order valence-corrected chi connectivity index (χ4v) is 2.45. The van der Waals surface area contributed by atoms with Crippen LogP contribution in [-0.2, 0) is 0 Å². The summed E-state index contributed by atoms with van der Waals surface area (Å²) in [5, 5.41) is 3.20. The van der Waals surface area contributed by atoms with Crippen LogP contribution in [0.25, 0.3) is 0 Å². The van der Waals surface area contributed by atoms with E-state index in [0.717, 1.165) is 18.8 Å². The average Bonchev–Trinajstić information content (AvgIpc) is 2.60. The number of hydrogen-bond donors (Lipinski definition) is 1. The third-order valence-corrected chi connectivity index (χ3v) is 4.09. The van der Waals surface area contributed by atoms with Crippen LogP contribution in [0.2, 0.25) is 0 Å². The van der Waals surface area contributed by atoms with Crippen LogP contribution in [0, 0.1) is 0 Å². The van der Waals surface area contributed by atoms with Crippen LogP contribution >= 0.6 is 0 Å². The van der Waals surface area contributed by atoms with Gasteiger partial charge < -0.3 is 14.8 Å². The van der Waals surface area contributed by atoms with Crippen molar-refractivity contribution < 1.29 is 4.79 Å². The highest BCUT2D eigenvalue weighted by Gasteiger charge is 2.29. The second-order valence-electron chi connectivity index (χ2n) is 5.11. The van der Waals surface area contributed by atoms with Crippen molar-refractivity contribution >= 4 is 5.91 Å². The summed E-state index contributed by atoms with van der Waals surface area (Å²) in [5.74, 6) is 0.161. The maximum absolute atomic E-state index is 12.4. The van der Waals surface area contributed by atoms with Gasteiger partial charge in [-0.25, -0.2) is 0 Å². The molecule has 17 heavy (non-hydrogen) atoms. The molecule has 2 aliphatic rings. The van der Waals surface area contributed by atoms with Gasteiger partial charge >= 0.3 is 0 Å². The molecule has 0 spiro atoms. The molecule has 92 valence electrons. The summed E-state index contributed by atoms with van der Waals surface area (Å²) in [4.78, 5) is 14.3. The van der Waals surface area contributed by atoms with Crippen molar-refractivity contribution in [3.05, 3.63) is 24.0 Å². The molecule has 4 heteroatoms. The van der Waals surface area contributed by atoms with Gasteiger partial charge in [0.25, 0.3) is 5.91 Å². The molecular formula is C13H19N3O. The summed E-state index contributed by atoms with van der Waals surface area (Å²) in [6.45, 7) is 1.85. The molecule has 1 aliphatic heterocycles. The lowest BCUT2D eigenvalue weighted by Gasteiger charge is -2.36. The zero-order valence-electron chi connectivity index (χ0n) is 10.2. The van der Waals surface area contributed by atoms with Gasteiger partial charge in [0, 0.05) is 32.4 Å².